The number of aliphatic hydroxyl groups excluding tert-OH is 5. The van der Waals surface area contributed by atoms with Gasteiger partial charge in [0.05, 0.1) is 25.4 Å². The Hall–Kier alpha value is -1.07. The van der Waals surface area contributed by atoms with Crippen molar-refractivity contribution in [1.29, 1.82) is 0 Å². The van der Waals surface area contributed by atoms with Crippen molar-refractivity contribution < 1.29 is 39.8 Å². The molecule has 0 aromatic carbocycles. The number of hydrogen-bond acceptors (Lipinski definition) is 8. The summed E-state index contributed by atoms with van der Waals surface area (Å²) < 4.78 is 11.1. The van der Waals surface area contributed by atoms with Gasteiger partial charge in [-0.25, -0.2) is 0 Å². The van der Waals surface area contributed by atoms with Gasteiger partial charge in [-0.15, -0.1) is 0 Å². The maximum absolute atomic E-state index is 12.7. The Kier molecular flexibility index (Phi) is 23.4. The quantitative estimate of drug-likeness (QED) is 0.0620. The van der Waals surface area contributed by atoms with Crippen LogP contribution in [0.2, 0.25) is 0 Å². The Labute approximate surface area is 255 Å². The second-order valence-electron chi connectivity index (χ2n) is 12.0. The predicted molar refractivity (Wildman–Crippen MR) is 166 cm³/mol. The molecule has 0 aliphatic carbocycles. The molecular formula is C33H63NO8. The average Bonchev–Trinajstić information content (AvgIpc) is 2.98. The summed E-state index contributed by atoms with van der Waals surface area (Å²) >= 11 is 0. The molecule has 1 amide bonds. The molecule has 1 aliphatic heterocycles. The van der Waals surface area contributed by atoms with E-state index in [9.17, 15) is 30.3 Å². The van der Waals surface area contributed by atoms with Gasteiger partial charge in [0.2, 0.25) is 5.91 Å². The van der Waals surface area contributed by atoms with E-state index in [0.29, 0.717) is 6.42 Å². The number of rotatable bonds is 26. The lowest BCUT2D eigenvalue weighted by molar-refractivity contribution is -0.302. The largest absolute Gasteiger partial charge is 0.394 e. The highest BCUT2D eigenvalue weighted by Crippen LogP contribution is 2.22. The monoisotopic (exact) mass is 601 g/mol. The number of nitrogens with one attached hydrogen (secondary N) is 1. The number of hydrogen-bond donors (Lipinski definition) is 6. The zero-order chi connectivity index (χ0) is 31.0. The third-order valence-electron chi connectivity index (χ3n) is 8.11. The van der Waals surface area contributed by atoms with Gasteiger partial charge in [0.25, 0.3) is 0 Å². The Balaban J connectivity index is 2.54. The highest BCUT2D eigenvalue weighted by atomic mass is 16.7. The molecule has 9 heteroatoms. The molecule has 9 nitrogen and oxygen atoms in total. The van der Waals surface area contributed by atoms with Crippen LogP contribution in [0.3, 0.4) is 0 Å². The summed E-state index contributed by atoms with van der Waals surface area (Å²) in [6.45, 7) is 3.68. The van der Waals surface area contributed by atoms with Crippen molar-refractivity contribution in [1.82, 2.24) is 5.32 Å². The fourth-order valence-corrected chi connectivity index (χ4v) is 5.27. The SMILES string of the molecule is CCCCCCCCCC/C=C/[C@@H](O)[C@H](CO[C@@H]1O[C@H](CO)[C@H](O)C(O)C1O)NC(=O)CCCCCCCCCCC. The number of unbranched alkanes of at least 4 members (excludes halogenated alkanes) is 16. The van der Waals surface area contributed by atoms with Gasteiger partial charge in [0, 0.05) is 6.42 Å². The molecule has 1 fully saturated rings. The number of carbonyl (C=O) groups is 1. The van der Waals surface area contributed by atoms with Crippen LogP contribution in [0.25, 0.3) is 0 Å². The second-order valence-corrected chi connectivity index (χ2v) is 12.0. The van der Waals surface area contributed by atoms with Crippen molar-refractivity contribution in [3.8, 4) is 0 Å². The van der Waals surface area contributed by atoms with Crippen molar-refractivity contribution in [3.05, 3.63) is 12.2 Å². The zero-order valence-electron chi connectivity index (χ0n) is 26.5. The summed E-state index contributed by atoms with van der Waals surface area (Å²) in [5.41, 5.74) is 0. The number of allylic oxidation sites excluding steroid dienone is 1. The maximum Gasteiger partial charge on any atom is 0.220 e. The molecule has 1 saturated heterocycles. The highest BCUT2D eigenvalue weighted by Gasteiger charge is 2.44. The zero-order valence-corrected chi connectivity index (χ0v) is 26.5. The van der Waals surface area contributed by atoms with Crippen molar-refractivity contribution in [3.63, 3.8) is 0 Å². The van der Waals surface area contributed by atoms with E-state index in [-0.39, 0.29) is 12.5 Å². The number of carbonyl (C=O) groups excluding carboxylic acids is 1. The van der Waals surface area contributed by atoms with Gasteiger partial charge in [-0.1, -0.05) is 122 Å². The van der Waals surface area contributed by atoms with Gasteiger partial charge in [0.1, 0.15) is 24.4 Å². The second kappa shape index (κ2) is 25.3. The molecule has 42 heavy (non-hydrogen) atoms. The van der Waals surface area contributed by atoms with E-state index >= 15 is 0 Å². The minimum atomic E-state index is -1.56. The van der Waals surface area contributed by atoms with Gasteiger partial charge < -0.3 is 40.3 Å². The van der Waals surface area contributed by atoms with E-state index in [4.69, 9.17) is 9.47 Å². The molecule has 0 spiro atoms. The first kappa shape index (κ1) is 39.0. The summed E-state index contributed by atoms with van der Waals surface area (Å²) in [6, 6.07) is -0.793. The van der Waals surface area contributed by atoms with Crippen LogP contribution >= 0.6 is 0 Å². The van der Waals surface area contributed by atoms with E-state index in [1.807, 2.05) is 6.08 Å². The van der Waals surface area contributed by atoms with Crippen molar-refractivity contribution in [2.24, 2.45) is 0 Å². The van der Waals surface area contributed by atoms with Crippen LogP contribution in [-0.2, 0) is 14.3 Å². The van der Waals surface area contributed by atoms with Crippen LogP contribution in [0.15, 0.2) is 12.2 Å². The Morgan fingerprint density at radius 2 is 1.31 bits per heavy atom. The first-order chi connectivity index (χ1) is 20.3. The van der Waals surface area contributed by atoms with Crippen LogP contribution in [0.4, 0.5) is 0 Å². The summed E-state index contributed by atoms with van der Waals surface area (Å²) in [5.74, 6) is -0.184. The Morgan fingerprint density at radius 3 is 1.86 bits per heavy atom. The summed E-state index contributed by atoms with van der Waals surface area (Å²) in [5, 5.41) is 53.6. The van der Waals surface area contributed by atoms with Crippen LogP contribution < -0.4 is 5.32 Å². The third kappa shape index (κ3) is 17.3. The molecule has 0 aromatic rings. The number of amides is 1. The van der Waals surface area contributed by atoms with Crippen molar-refractivity contribution in [2.75, 3.05) is 13.2 Å². The molecule has 7 atom stereocenters. The van der Waals surface area contributed by atoms with Crippen LogP contribution in [0, 0.1) is 0 Å². The molecule has 0 radical (unpaired) electrons. The maximum atomic E-state index is 12.7. The number of aliphatic hydroxyl groups is 5. The smallest absolute Gasteiger partial charge is 0.220 e. The normalized spacial score (nSPS) is 24.2. The lowest BCUT2D eigenvalue weighted by atomic mass is 9.99. The van der Waals surface area contributed by atoms with Gasteiger partial charge in [-0.3, -0.25) is 4.79 Å². The van der Waals surface area contributed by atoms with Crippen LogP contribution in [0.5, 0.6) is 0 Å². The highest BCUT2D eigenvalue weighted by molar-refractivity contribution is 5.76. The molecule has 1 aliphatic rings. The molecule has 1 heterocycles. The molecular weight excluding hydrogens is 538 g/mol. The Morgan fingerprint density at radius 1 is 0.786 bits per heavy atom. The molecule has 6 N–H and O–H groups in total. The predicted octanol–water partition coefficient (Wildman–Crippen LogP) is 4.66. The molecule has 0 bridgehead atoms. The van der Waals surface area contributed by atoms with E-state index in [1.54, 1.807) is 6.08 Å². The fourth-order valence-electron chi connectivity index (χ4n) is 5.27. The number of ether oxygens (including phenoxy) is 2. The molecule has 0 aromatic heterocycles. The van der Waals surface area contributed by atoms with Crippen molar-refractivity contribution >= 4 is 5.91 Å². The third-order valence-corrected chi connectivity index (χ3v) is 8.11. The topological polar surface area (TPSA) is 149 Å². The summed E-state index contributed by atoms with van der Waals surface area (Å²) in [4.78, 5) is 12.7. The molecule has 248 valence electrons. The van der Waals surface area contributed by atoms with Crippen LogP contribution in [-0.4, -0.2) is 87.5 Å². The van der Waals surface area contributed by atoms with Gasteiger partial charge >= 0.3 is 0 Å². The minimum absolute atomic E-state index is 0.184. The van der Waals surface area contributed by atoms with Crippen LogP contribution in [0.1, 0.15) is 136 Å². The van der Waals surface area contributed by atoms with E-state index in [1.165, 1.54) is 77.0 Å². The lowest BCUT2D eigenvalue weighted by Crippen LogP contribution is -2.60. The summed E-state index contributed by atoms with van der Waals surface area (Å²) in [6.07, 6.45) is 16.9. The van der Waals surface area contributed by atoms with Gasteiger partial charge in [0.15, 0.2) is 6.29 Å². The Bertz CT molecular complexity index is 676. The molecule has 2 unspecified atom stereocenters. The summed E-state index contributed by atoms with van der Waals surface area (Å²) in [7, 11) is 0. The molecule has 1 rings (SSSR count). The minimum Gasteiger partial charge on any atom is -0.394 e. The van der Waals surface area contributed by atoms with E-state index < -0.39 is 49.5 Å². The first-order valence-corrected chi connectivity index (χ1v) is 16.9. The van der Waals surface area contributed by atoms with Gasteiger partial charge in [-0.05, 0) is 19.3 Å². The van der Waals surface area contributed by atoms with Gasteiger partial charge in [-0.2, -0.15) is 0 Å². The molecule has 0 saturated carbocycles. The fraction of sp³-hybridized carbons (Fsp3) is 0.909. The lowest BCUT2D eigenvalue weighted by Gasteiger charge is -2.40. The average molecular weight is 602 g/mol. The van der Waals surface area contributed by atoms with Crippen molar-refractivity contribution in [2.45, 2.75) is 179 Å². The van der Waals surface area contributed by atoms with E-state index in [2.05, 4.69) is 19.2 Å². The first-order valence-electron chi connectivity index (χ1n) is 16.9. The standard InChI is InChI=1S/C33H63NO8/c1-3-5-7-9-11-13-15-16-18-20-22-27(36)26(25-41-33-32(40)31(39)30(38)28(24-35)42-33)34-29(37)23-21-19-17-14-12-10-8-6-4-2/h20,22,26-28,30-33,35-36,38-40H,3-19,21,23-25H2,1-2H3,(H,34,37)/b22-20+/t26-,27+,28+,30-,31?,32?,33+/m0/s1. The van der Waals surface area contributed by atoms with E-state index in [0.717, 1.165) is 38.5 Å².